The van der Waals surface area contributed by atoms with Gasteiger partial charge in [0.15, 0.2) is 0 Å². The summed E-state index contributed by atoms with van der Waals surface area (Å²) in [5, 5.41) is 8.41. The lowest BCUT2D eigenvalue weighted by Crippen LogP contribution is -2.58. The van der Waals surface area contributed by atoms with Crippen molar-refractivity contribution >= 4 is 46.1 Å². The number of urea groups is 1. The minimum Gasteiger partial charge on any atom is -0.464 e. The number of benzene rings is 1. The van der Waals surface area contributed by atoms with Crippen LogP contribution in [0.3, 0.4) is 0 Å². The minimum atomic E-state index is -0.707. The Kier molecular flexibility index (Phi) is 12.5. The van der Waals surface area contributed by atoms with Crippen molar-refractivity contribution in [1.82, 2.24) is 40.1 Å². The summed E-state index contributed by atoms with van der Waals surface area (Å²) in [5.41, 5.74) is 9.57. The summed E-state index contributed by atoms with van der Waals surface area (Å²) in [7, 11) is 3.42. The van der Waals surface area contributed by atoms with Crippen molar-refractivity contribution in [2.24, 2.45) is 17.3 Å². The summed E-state index contributed by atoms with van der Waals surface area (Å²) in [6, 6.07) is 8.94. The van der Waals surface area contributed by atoms with E-state index in [1.165, 1.54) is 16.3 Å². The molecule has 15 heteroatoms. The minimum absolute atomic E-state index is 0.0375. The monoisotopic (exact) mass is 826 g/mol. The SMILES string of the molecule is CCn1c(-c2cccnc2[C@H](C)OC)c2c3cc(ccc31)-c1csc(n1)C[C@H](CNC(=O)[C@H](C(C)C)N1CCN(C)C1=O)C(=O)N1CCC[C@H](N1)C(=O)OCC(C)(C)C2. The highest BCUT2D eigenvalue weighted by Crippen LogP contribution is 2.42. The summed E-state index contributed by atoms with van der Waals surface area (Å²) in [6.45, 7) is 14.5. The highest BCUT2D eigenvalue weighted by atomic mass is 32.1. The van der Waals surface area contributed by atoms with Crippen molar-refractivity contribution in [3.63, 3.8) is 0 Å². The molecule has 59 heavy (non-hydrogen) atoms. The van der Waals surface area contributed by atoms with Gasteiger partial charge in [0.25, 0.3) is 0 Å². The van der Waals surface area contributed by atoms with Crippen LogP contribution in [0.2, 0.25) is 0 Å². The van der Waals surface area contributed by atoms with Gasteiger partial charge in [-0.25, -0.2) is 15.2 Å². The molecule has 1 aromatic carbocycles. The molecule has 4 amide bonds. The normalized spacial score (nSPS) is 21.2. The number of rotatable bonds is 9. The number of pyridine rings is 1. The van der Waals surface area contributed by atoms with E-state index in [0.717, 1.165) is 56.2 Å². The van der Waals surface area contributed by atoms with Gasteiger partial charge in [-0.3, -0.25) is 24.4 Å². The first kappa shape index (κ1) is 42.3. The summed E-state index contributed by atoms with van der Waals surface area (Å²) >= 11 is 1.48. The number of carbonyl (C=O) groups is 4. The van der Waals surface area contributed by atoms with Crippen LogP contribution in [-0.4, -0.2) is 112 Å². The maximum absolute atomic E-state index is 14.4. The molecule has 0 aliphatic carbocycles. The van der Waals surface area contributed by atoms with Crippen LogP contribution in [0, 0.1) is 17.3 Å². The second-order valence-corrected chi connectivity index (χ2v) is 18.2. The molecule has 3 aliphatic heterocycles. The number of aryl methyl sites for hydroxylation is 1. The highest BCUT2D eigenvalue weighted by molar-refractivity contribution is 7.10. The Morgan fingerprint density at radius 2 is 1.93 bits per heavy atom. The van der Waals surface area contributed by atoms with E-state index in [0.29, 0.717) is 38.9 Å². The largest absolute Gasteiger partial charge is 0.464 e. The Hall–Kier alpha value is -4.86. The van der Waals surface area contributed by atoms with Gasteiger partial charge in [0.2, 0.25) is 11.8 Å². The predicted octanol–water partition coefficient (Wildman–Crippen LogP) is 5.84. The van der Waals surface area contributed by atoms with E-state index in [1.807, 2.05) is 32.2 Å². The van der Waals surface area contributed by atoms with Crippen molar-refractivity contribution in [3.05, 3.63) is 58.2 Å². The van der Waals surface area contributed by atoms with Crippen LogP contribution >= 0.6 is 11.3 Å². The Morgan fingerprint density at radius 3 is 2.64 bits per heavy atom. The van der Waals surface area contributed by atoms with Gasteiger partial charge in [-0.1, -0.05) is 33.8 Å². The van der Waals surface area contributed by atoms with Crippen LogP contribution in [0.25, 0.3) is 33.4 Å². The number of hydrazine groups is 1. The Bertz CT molecular complexity index is 2220. The molecule has 2 fully saturated rings. The molecular weight excluding hydrogens is 769 g/mol. The molecule has 0 radical (unpaired) electrons. The van der Waals surface area contributed by atoms with E-state index in [-0.39, 0.29) is 49.4 Å². The van der Waals surface area contributed by atoms with Gasteiger partial charge in [0, 0.05) is 92.3 Å². The van der Waals surface area contributed by atoms with Crippen LogP contribution in [0.5, 0.6) is 0 Å². The zero-order valence-electron chi connectivity index (χ0n) is 35.5. The molecule has 6 bridgehead atoms. The third kappa shape index (κ3) is 8.60. The first-order valence-corrected chi connectivity index (χ1v) is 21.7. The van der Waals surface area contributed by atoms with Gasteiger partial charge in [-0.2, -0.15) is 0 Å². The number of nitrogens with one attached hydrogen (secondary N) is 2. The number of amides is 4. The smallest absolute Gasteiger partial charge is 0.324 e. The Labute approximate surface area is 350 Å². The molecule has 6 heterocycles. The second kappa shape index (κ2) is 17.4. The number of esters is 1. The first-order chi connectivity index (χ1) is 28.2. The molecule has 4 aromatic rings. The molecule has 3 aliphatic rings. The highest BCUT2D eigenvalue weighted by Gasteiger charge is 2.39. The lowest BCUT2D eigenvalue weighted by molar-refractivity contribution is -0.155. The molecule has 2 saturated heterocycles. The van der Waals surface area contributed by atoms with Crippen molar-refractivity contribution in [2.45, 2.75) is 92.0 Å². The van der Waals surface area contributed by atoms with Gasteiger partial charge in [-0.15, -0.1) is 11.3 Å². The number of aromatic nitrogens is 3. The van der Waals surface area contributed by atoms with E-state index in [2.05, 4.69) is 60.3 Å². The lowest BCUT2D eigenvalue weighted by atomic mass is 9.84. The van der Waals surface area contributed by atoms with Crippen molar-refractivity contribution in [1.29, 1.82) is 0 Å². The van der Waals surface area contributed by atoms with Gasteiger partial charge in [0.05, 0.1) is 40.7 Å². The summed E-state index contributed by atoms with van der Waals surface area (Å²) in [6.07, 6.45) is 3.57. The van der Waals surface area contributed by atoms with E-state index in [1.54, 1.807) is 30.2 Å². The number of cyclic esters (lactones) is 1. The summed E-state index contributed by atoms with van der Waals surface area (Å²) in [5.74, 6) is -1.79. The van der Waals surface area contributed by atoms with Crippen LogP contribution in [-0.2, 0) is 43.2 Å². The maximum atomic E-state index is 14.4. The third-order valence-electron chi connectivity index (χ3n) is 11.9. The molecule has 0 spiro atoms. The maximum Gasteiger partial charge on any atom is 0.324 e. The van der Waals surface area contributed by atoms with Crippen molar-refractivity contribution in [3.8, 4) is 22.5 Å². The topological polar surface area (TPSA) is 151 Å². The van der Waals surface area contributed by atoms with Crippen molar-refractivity contribution in [2.75, 3.05) is 46.9 Å². The van der Waals surface area contributed by atoms with Gasteiger partial charge in [0.1, 0.15) is 12.1 Å². The average Bonchev–Trinajstić information content (AvgIpc) is 3.92. The number of nitrogens with zero attached hydrogens (tertiary/aromatic N) is 6. The van der Waals surface area contributed by atoms with E-state index >= 15 is 0 Å². The fraction of sp³-hybridized carbons (Fsp3) is 0.545. The molecule has 4 atom stereocenters. The molecule has 3 aromatic heterocycles. The quantitative estimate of drug-likeness (QED) is 0.199. The first-order valence-electron chi connectivity index (χ1n) is 20.8. The molecule has 2 N–H and O–H groups in total. The molecule has 0 saturated carbocycles. The number of likely N-dealkylation sites (N-methyl/N-ethyl adjacent to an activating group) is 1. The number of carbonyl (C=O) groups excluding carboxylic acids is 4. The number of methoxy groups -OCH3 is 1. The fourth-order valence-corrected chi connectivity index (χ4v) is 9.62. The standard InChI is InChI=1S/C44H58N8O6S/c1-9-50-35-15-14-28-20-31(35)32(39(50)30-12-10-16-45-37(30)27(4)57-8)22-44(5,6)25-58-42(55)33-13-11-17-52(48-33)41(54)29(21-36-47-34(28)24-59-36)23-46-40(53)38(26(2)3)51-19-18-49(7)43(51)56/h10,12,14-16,20,24,26-27,29,33,38,48H,9,11,13,17-19,21-23,25H2,1-8H3,(H,46,53)/t27-,29+,33-,38-/m0/s1. The zero-order chi connectivity index (χ0) is 42.2. The van der Waals surface area contributed by atoms with Crippen molar-refractivity contribution < 1.29 is 28.7 Å². The number of ether oxygens (including phenoxy) is 2. The fourth-order valence-electron chi connectivity index (χ4n) is 8.74. The summed E-state index contributed by atoms with van der Waals surface area (Å²) < 4.78 is 14.2. The Balaban J connectivity index is 1.29. The number of thiazole rings is 1. The molecule has 0 unspecified atom stereocenters. The summed E-state index contributed by atoms with van der Waals surface area (Å²) in [4.78, 5) is 68.0. The van der Waals surface area contributed by atoms with E-state index < -0.39 is 29.4 Å². The Morgan fingerprint density at radius 1 is 1.14 bits per heavy atom. The lowest BCUT2D eigenvalue weighted by Gasteiger charge is -2.35. The van der Waals surface area contributed by atoms with E-state index in [4.69, 9.17) is 19.4 Å². The van der Waals surface area contributed by atoms with Gasteiger partial charge >= 0.3 is 12.0 Å². The molecule has 7 rings (SSSR count). The van der Waals surface area contributed by atoms with Gasteiger partial charge < -0.3 is 29.2 Å². The average molecular weight is 827 g/mol. The van der Waals surface area contributed by atoms with Gasteiger partial charge in [-0.05, 0) is 68.9 Å². The van der Waals surface area contributed by atoms with Crippen LogP contribution in [0.1, 0.15) is 76.8 Å². The molecular formula is C44H58N8O6S. The van der Waals surface area contributed by atoms with Crippen LogP contribution in [0.15, 0.2) is 41.9 Å². The number of fused-ring (bicyclic) bond motifs is 6. The second-order valence-electron chi connectivity index (χ2n) is 17.2. The molecule has 14 nitrogen and oxygen atoms in total. The zero-order valence-corrected chi connectivity index (χ0v) is 36.4. The number of hydrogen-bond acceptors (Lipinski definition) is 10. The number of hydrogen-bond donors (Lipinski definition) is 2. The van der Waals surface area contributed by atoms with Crippen LogP contribution in [0.4, 0.5) is 4.79 Å². The van der Waals surface area contributed by atoms with E-state index in [9.17, 15) is 19.2 Å². The third-order valence-corrected chi connectivity index (χ3v) is 12.8. The van der Waals surface area contributed by atoms with Crippen LogP contribution < -0.4 is 10.7 Å². The predicted molar refractivity (Wildman–Crippen MR) is 227 cm³/mol. The molecule has 316 valence electrons.